The van der Waals surface area contributed by atoms with E-state index in [1.807, 2.05) is 33.2 Å². The molecule has 0 radical (unpaired) electrons. The van der Waals surface area contributed by atoms with Gasteiger partial charge in [-0.2, -0.15) is 10.2 Å². The molecule has 128 valence electrons. The number of nitriles is 1. The number of hydrogen-bond acceptors (Lipinski definition) is 7. The second kappa shape index (κ2) is 9.15. The van der Waals surface area contributed by atoms with Crippen LogP contribution in [-0.2, 0) is 0 Å². The highest BCUT2D eigenvalue weighted by molar-refractivity contribution is 5.61. The zero-order valence-electron chi connectivity index (χ0n) is 14.4. The van der Waals surface area contributed by atoms with E-state index in [-0.39, 0.29) is 0 Å². The van der Waals surface area contributed by atoms with Crippen LogP contribution in [0.3, 0.4) is 0 Å². The molecule has 25 heavy (non-hydrogen) atoms. The second-order valence-electron chi connectivity index (χ2n) is 4.93. The summed E-state index contributed by atoms with van der Waals surface area (Å²) in [6, 6.07) is 12.7. The molecule has 0 saturated heterocycles. The van der Waals surface area contributed by atoms with Crippen molar-refractivity contribution < 1.29 is 9.26 Å². The third-order valence-corrected chi connectivity index (χ3v) is 2.91. The fourth-order valence-electron chi connectivity index (χ4n) is 1.98. The first-order valence-electron chi connectivity index (χ1n) is 7.73. The van der Waals surface area contributed by atoms with E-state index in [1.54, 1.807) is 30.5 Å². The Morgan fingerprint density at radius 1 is 1.24 bits per heavy atom. The number of ether oxygens (including phenoxy) is 1. The van der Waals surface area contributed by atoms with Gasteiger partial charge in [0, 0.05) is 11.8 Å². The lowest BCUT2D eigenvalue weighted by Crippen LogP contribution is -1.93. The molecule has 0 spiro atoms. The van der Waals surface area contributed by atoms with Crippen LogP contribution < -0.4 is 10.1 Å². The minimum Gasteiger partial charge on any atom is -0.494 e. The van der Waals surface area contributed by atoms with Gasteiger partial charge in [0.05, 0.1) is 18.2 Å². The summed E-state index contributed by atoms with van der Waals surface area (Å²) < 4.78 is 10.7. The molecular weight excluding hydrogens is 318 g/mol. The molecule has 0 saturated carbocycles. The van der Waals surface area contributed by atoms with Gasteiger partial charge in [0.2, 0.25) is 5.82 Å². The molecule has 7 heteroatoms. The summed E-state index contributed by atoms with van der Waals surface area (Å²) in [7, 11) is 3.75. The van der Waals surface area contributed by atoms with E-state index >= 15 is 0 Å². The van der Waals surface area contributed by atoms with Gasteiger partial charge in [-0.1, -0.05) is 11.2 Å². The monoisotopic (exact) mass is 337 g/mol. The Labute approximate surface area is 146 Å². The molecule has 0 aliphatic carbocycles. The van der Waals surface area contributed by atoms with Crippen molar-refractivity contribution in [2.24, 2.45) is 0 Å². The maximum Gasteiger partial charge on any atom is 0.258 e. The van der Waals surface area contributed by atoms with Gasteiger partial charge in [-0.05, 0) is 51.4 Å². The first-order valence-corrected chi connectivity index (χ1v) is 7.73. The highest BCUT2D eigenvalue weighted by Gasteiger charge is 2.13. The summed E-state index contributed by atoms with van der Waals surface area (Å²) in [4.78, 5) is 8.50. The summed E-state index contributed by atoms with van der Waals surface area (Å²) in [6.45, 7) is 2.39. The fraction of sp³-hybridized carbons (Fsp3) is 0.222. The molecule has 3 rings (SSSR count). The lowest BCUT2D eigenvalue weighted by molar-refractivity contribution is 0.340. The van der Waals surface area contributed by atoms with Crippen LogP contribution >= 0.6 is 0 Å². The fourth-order valence-corrected chi connectivity index (χ4v) is 1.98. The van der Waals surface area contributed by atoms with E-state index < -0.39 is 0 Å². The Kier molecular flexibility index (Phi) is 6.63. The number of pyridine rings is 1. The molecule has 0 aliphatic heterocycles. The van der Waals surface area contributed by atoms with E-state index in [0.29, 0.717) is 40.9 Å². The van der Waals surface area contributed by atoms with Gasteiger partial charge in [-0.25, -0.2) is 0 Å². The summed E-state index contributed by atoms with van der Waals surface area (Å²) in [5.41, 5.74) is 1.73. The molecule has 0 bridgehead atoms. The number of aromatic nitrogens is 3. The maximum atomic E-state index is 9.10. The Hall–Kier alpha value is -3.24. The van der Waals surface area contributed by atoms with Gasteiger partial charge >= 0.3 is 0 Å². The molecule has 0 amide bonds. The molecule has 1 aromatic carbocycles. The summed E-state index contributed by atoms with van der Waals surface area (Å²) >= 11 is 0. The van der Waals surface area contributed by atoms with Crippen molar-refractivity contribution in [2.45, 2.75) is 6.92 Å². The molecule has 0 atom stereocenters. The van der Waals surface area contributed by atoms with E-state index in [9.17, 15) is 0 Å². The summed E-state index contributed by atoms with van der Waals surface area (Å²) in [5.74, 6) is 1.31. The van der Waals surface area contributed by atoms with Crippen LogP contribution in [0.4, 0.5) is 0 Å². The first-order chi connectivity index (χ1) is 12.2. The van der Waals surface area contributed by atoms with Crippen LogP contribution in [0, 0.1) is 11.3 Å². The Morgan fingerprint density at radius 2 is 2.04 bits per heavy atom. The average Bonchev–Trinajstić information content (AvgIpc) is 3.13. The lowest BCUT2D eigenvalue weighted by atomic mass is 10.1. The first kappa shape index (κ1) is 18.1. The van der Waals surface area contributed by atoms with Crippen molar-refractivity contribution in [1.29, 1.82) is 5.26 Å². The second-order valence-corrected chi connectivity index (χ2v) is 4.93. The van der Waals surface area contributed by atoms with Crippen LogP contribution in [0.2, 0.25) is 0 Å². The van der Waals surface area contributed by atoms with Crippen molar-refractivity contribution in [2.75, 3.05) is 20.7 Å². The Bertz CT molecular complexity index is 840. The van der Waals surface area contributed by atoms with E-state index in [2.05, 4.69) is 26.5 Å². The van der Waals surface area contributed by atoms with Gasteiger partial charge in [-0.3, -0.25) is 4.98 Å². The minimum atomic E-state index is 0.318. The van der Waals surface area contributed by atoms with E-state index in [1.165, 1.54) is 0 Å². The number of benzene rings is 1. The molecule has 0 fully saturated rings. The van der Waals surface area contributed by atoms with Gasteiger partial charge in [0.25, 0.3) is 5.89 Å². The van der Waals surface area contributed by atoms with Crippen LogP contribution in [0.25, 0.3) is 23.0 Å². The predicted octanol–water partition coefficient (Wildman–Crippen LogP) is 2.90. The molecule has 3 aromatic rings. The Balaban J connectivity index is 0.000000701. The molecule has 0 unspecified atom stereocenters. The molecular formula is C18H19N5O2. The number of rotatable bonds is 4. The zero-order chi connectivity index (χ0) is 18.1. The van der Waals surface area contributed by atoms with Crippen molar-refractivity contribution in [3.05, 3.63) is 48.2 Å². The van der Waals surface area contributed by atoms with Crippen molar-refractivity contribution in [1.82, 2.24) is 20.4 Å². The van der Waals surface area contributed by atoms with Crippen molar-refractivity contribution in [3.63, 3.8) is 0 Å². The van der Waals surface area contributed by atoms with Crippen LogP contribution in [-0.4, -0.2) is 35.8 Å². The third kappa shape index (κ3) is 4.86. The largest absolute Gasteiger partial charge is 0.494 e. The maximum absolute atomic E-state index is 9.10. The minimum absolute atomic E-state index is 0.318. The van der Waals surface area contributed by atoms with Crippen LogP contribution in [0.15, 0.2) is 47.1 Å². The molecule has 0 aliphatic rings. The molecule has 1 N–H and O–H groups in total. The molecule has 2 heterocycles. The topological polar surface area (TPSA) is 96.9 Å². The smallest absolute Gasteiger partial charge is 0.258 e. The number of hydrogen-bond donors (Lipinski definition) is 1. The molecule has 2 aromatic heterocycles. The normalized spacial score (nSPS) is 9.68. The van der Waals surface area contributed by atoms with E-state index in [0.717, 1.165) is 0 Å². The molecule has 7 nitrogen and oxygen atoms in total. The van der Waals surface area contributed by atoms with Gasteiger partial charge in [0.1, 0.15) is 11.4 Å². The SMILES string of the molecule is CCOc1cc(C#N)cc(-c2nc(-c3ccccn3)no2)c1.CNC. The zero-order valence-corrected chi connectivity index (χ0v) is 14.4. The van der Waals surface area contributed by atoms with Crippen molar-refractivity contribution in [3.8, 4) is 34.8 Å². The van der Waals surface area contributed by atoms with Crippen molar-refractivity contribution >= 4 is 0 Å². The quantitative estimate of drug-likeness (QED) is 0.781. The predicted molar refractivity (Wildman–Crippen MR) is 93.8 cm³/mol. The highest BCUT2D eigenvalue weighted by Crippen LogP contribution is 2.26. The summed E-state index contributed by atoms with van der Waals surface area (Å²) in [6.07, 6.45) is 1.66. The summed E-state index contributed by atoms with van der Waals surface area (Å²) in [5, 5.41) is 15.8. The van der Waals surface area contributed by atoms with E-state index in [4.69, 9.17) is 14.5 Å². The highest BCUT2D eigenvalue weighted by atomic mass is 16.5. The van der Waals surface area contributed by atoms with Gasteiger partial charge in [0.15, 0.2) is 0 Å². The Morgan fingerprint density at radius 3 is 2.68 bits per heavy atom. The third-order valence-electron chi connectivity index (χ3n) is 2.91. The average molecular weight is 337 g/mol. The van der Waals surface area contributed by atoms with Gasteiger partial charge < -0.3 is 14.6 Å². The number of nitrogens with zero attached hydrogens (tertiary/aromatic N) is 4. The van der Waals surface area contributed by atoms with Gasteiger partial charge in [-0.15, -0.1) is 0 Å². The number of nitrogens with one attached hydrogen (secondary N) is 1. The van der Waals surface area contributed by atoms with Crippen LogP contribution in [0.5, 0.6) is 5.75 Å². The standard InChI is InChI=1S/C16H12N4O2.C2H7N/c1-2-21-13-8-11(10-17)7-12(9-13)16-19-15(20-22-16)14-5-3-4-6-18-14;1-3-2/h3-9H,2H2,1H3;3H,1-2H3. The lowest BCUT2D eigenvalue weighted by Gasteiger charge is -2.04. The van der Waals surface area contributed by atoms with Crippen LogP contribution in [0.1, 0.15) is 12.5 Å².